The summed E-state index contributed by atoms with van der Waals surface area (Å²) < 4.78 is 13.5. The van der Waals surface area contributed by atoms with Crippen LogP contribution in [0.2, 0.25) is 5.02 Å². The van der Waals surface area contributed by atoms with Crippen LogP contribution < -0.4 is 5.32 Å². The third-order valence-electron chi connectivity index (χ3n) is 3.31. The molecule has 3 N–H and O–H groups in total. The number of phenolic OH excluding ortho intramolecular Hbond substituents is 1. The van der Waals surface area contributed by atoms with Crippen molar-refractivity contribution in [3.63, 3.8) is 0 Å². The monoisotopic (exact) mass is 323 g/mol. The molecule has 0 aliphatic rings. The standard InChI is InChI=1S/C16H15ClFNO3/c1-9-2-3-11(7-15(9)21)16(22)19-14(8-20)10-4-5-12(17)13(18)6-10/h2-7,14,20-21H,8H2,1H3,(H,19,22). The fourth-order valence-electron chi connectivity index (χ4n) is 1.96. The van der Waals surface area contributed by atoms with E-state index in [1.54, 1.807) is 19.1 Å². The van der Waals surface area contributed by atoms with Crippen molar-refractivity contribution in [2.75, 3.05) is 6.61 Å². The third-order valence-corrected chi connectivity index (χ3v) is 3.61. The van der Waals surface area contributed by atoms with Gasteiger partial charge in [-0.05, 0) is 42.3 Å². The summed E-state index contributed by atoms with van der Waals surface area (Å²) >= 11 is 5.61. The minimum Gasteiger partial charge on any atom is -0.508 e. The minimum absolute atomic E-state index is 0.00531. The Balaban J connectivity index is 2.20. The molecule has 0 spiro atoms. The molecule has 1 amide bonds. The van der Waals surface area contributed by atoms with Crippen LogP contribution in [0, 0.1) is 12.7 Å². The van der Waals surface area contributed by atoms with E-state index in [1.165, 1.54) is 18.2 Å². The van der Waals surface area contributed by atoms with Crippen molar-refractivity contribution >= 4 is 17.5 Å². The molecule has 2 aromatic carbocycles. The summed E-state index contributed by atoms with van der Waals surface area (Å²) in [6, 6.07) is 7.78. The minimum atomic E-state index is -0.775. The Hall–Kier alpha value is -2.11. The van der Waals surface area contributed by atoms with Crippen LogP contribution in [-0.2, 0) is 0 Å². The third kappa shape index (κ3) is 3.55. The number of benzene rings is 2. The number of aryl methyl sites for hydroxylation is 1. The Morgan fingerprint density at radius 2 is 2.05 bits per heavy atom. The Morgan fingerprint density at radius 1 is 1.32 bits per heavy atom. The van der Waals surface area contributed by atoms with Gasteiger partial charge in [0.1, 0.15) is 11.6 Å². The van der Waals surface area contributed by atoms with Gasteiger partial charge in [-0.1, -0.05) is 23.7 Å². The van der Waals surface area contributed by atoms with E-state index in [0.717, 1.165) is 6.07 Å². The Morgan fingerprint density at radius 3 is 2.64 bits per heavy atom. The number of phenols is 1. The highest BCUT2D eigenvalue weighted by Gasteiger charge is 2.17. The van der Waals surface area contributed by atoms with Crippen molar-refractivity contribution in [3.05, 3.63) is 63.9 Å². The zero-order chi connectivity index (χ0) is 16.3. The second kappa shape index (κ2) is 6.77. The second-order valence-electron chi connectivity index (χ2n) is 4.88. The van der Waals surface area contributed by atoms with E-state index in [1.807, 2.05) is 0 Å². The van der Waals surface area contributed by atoms with Crippen molar-refractivity contribution in [1.82, 2.24) is 5.32 Å². The number of carbonyl (C=O) groups is 1. The van der Waals surface area contributed by atoms with Gasteiger partial charge < -0.3 is 15.5 Å². The Bertz CT molecular complexity index is 706. The lowest BCUT2D eigenvalue weighted by atomic mass is 10.1. The molecule has 0 radical (unpaired) electrons. The van der Waals surface area contributed by atoms with Crippen molar-refractivity contribution in [1.29, 1.82) is 0 Å². The molecule has 6 heteroatoms. The van der Waals surface area contributed by atoms with Crippen LogP contribution in [0.5, 0.6) is 5.75 Å². The van der Waals surface area contributed by atoms with E-state index >= 15 is 0 Å². The van der Waals surface area contributed by atoms with Crippen LogP contribution in [-0.4, -0.2) is 22.7 Å². The van der Waals surface area contributed by atoms with E-state index in [4.69, 9.17) is 11.6 Å². The Kier molecular flexibility index (Phi) is 5.00. The number of nitrogens with one attached hydrogen (secondary N) is 1. The fourth-order valence-corrected chi connectivity index (χ4v) is 2.07. The molecular weight excluding hydrogens is 309 g/mol. The van der Waals surface area contributed by atoms with Crippen LogP contribution in [0.15, 0.2) is 36.4 Å². The normalized spacial score (nSPS) is 12.0. The lowest BCUT2D eigenvalue weighted by Gasteiger charge is -2.17. The highest BCUT2D eigenvalue weighted by Crippen LogP contribution is 2.21. The van der Waals surface area contributed by atoms with Gasteiger partial charge in [0.25, 0.3) is 5.91 Å². The van der Waals surface area contributed by atoms with Gasteiger partial charge in [0.2, 0.25) is 0 Å². The van der Waals surface area contributed by atoms with Crippen molar-refractivity contribution < 1.29 is 19.4 Å². The van der Waals surface area contributed by atoms with E-state index in [0.29, 0.717) is 11.1 Å². The number of halogens is 2. The molecule has 0 bridgehead atoms. The maximum atomic E-state index is 13.5. The number of aliphatic hydroxyl groups excluding tert-OH is 1. The highest BCUT2D eigenvalue weighted by atomic mass is 35.5. The summed E-state index contributed by atoms with van der Waals surface area (Å²) in [4.78, 5) is 12.1. The molecule has 1 unspecified atom stereocenters. The summed E-state index contributed by atoms with van der Waals surface area (Å²) in [5.74, 6) is -1.10. The van der Waals surface area contributed by atoms with Gasteiger partial charge in [0.15, 0.2) is 0 Å². The predicted molar refractivity (Wildman–Crippen MR) is 81.5 cm³/mol. The lowest BCUT2D eigenvalue weighted by molar-refractivity contribution is 0.0915. The number of aromatic hydroxyl groups is 1. The van der Waals surface area contributed by atoms with Crippen LogP contribution in [0.1, 0.15) is 27.5 Å². The smallest absolute Gasteiger partial charge is 0.251 e. The molecule has 22 heavy (non-hydrogen) atoms. The second-order valence-corrected chi connectivity index (χ2v) is 5.29. The average molecular weight is 324 g/mol. The SMILES string of the molecule is Cc1ccc(C(=O)NC(CO)c2ccc(Cl)c(F)c2)cc1O. The van der Waals surface area contributed by atoms with Crippen molar-refractivity contribution in [2.45, 2.75) is 13.0 Å². The topological polar surface area (TPSA) is 69.6 Å². The number of hydrogen-bond donors (Lipinski definition) is 3. The van der Waals surface area contributed by atoms with Gasteiger partial charge in [-0.15, -0.1) is 0 Å². The number of hydrogen-bond acceptors (Lipinski definition) is 3. The summed E-state index contributed by atoms with van der Waals surface area (Å²) in [5, 5.41) is 21.6. The first kappa shape index (κ1) is 16.3. The molecule has 2 rings (SSSR count). The molecule has 0 saturated heterocycles. The molecule has 0 saturated carbocycles. The van der Waals surface area contributed by atoms with Crippen molar-refractivity contribution in [2.24, 2.45) is 0 Å². The Labute approximate surface area is 132 Å². The number of amides is 1. The fraction of sp³-hybridized carbons (Fsp3) is 0.188. The molecule has 0 fully saturated rings. The van der Waals surface area contributed by atoms with Crippen LogP contribution in [0.4, 0.5) is 4.39 Å². The summed E-state index contributed by atoms with van der Waals surface area (Å²) in [7, 11) is 0. The van der Waals surface area contributed by atoms with Gasteiger partial charge in [-0.3, -0.25) is 4.79 Å². The van der Waals surface area contributed by atoms with Gasteiger partial charge in [-0.25, -0.2) is 4.39 Å². The van der Waals surface area contributed by atoms with E-state index in [2.05, 4.69) is 5.32 Å². The van der Waals surface area contributed by atoms with E-state index < -0.39 is 24.4 Å². The van der Waals surface area contributed by atoms with Crippen molar-refractivity contribution in [3.8, 4) is 5.75 Å². The number of aliphatic hydroxyl groups is 1. The molecule has 0 heterocycles. The largest absolute Gasteiger partial charge is 0.508 e. The predicted octanol–water partition coefficient (Wildman–Crippen LogP) is 2.96. The summed E-state index contributed by atoms with van der Waals surface area (Å²) in [5.41, 5.74) is 1.29. The summed E-state index contributed by atoms with van der Waals surface area (Å²) in [6.45, 7) is 1.31. The molecule has 116 valence electrons. The highest BCUT2D eigenvalue weighted by molar-refractivity contribution is 6.30. The molecule has 0 aliphatic heterocycles. The summed E-state index contributed by atoms with van der Waals surface area (Å²) in [6.07, 6.45) is 0. The lowest BCUT2D eigenvalue weighted by Crippen LogP contribution is -2.30. The maximum absolute atomic E-state index is 13.5. The zero-order valence-corrected chi connectivity index (χ0v) is 12.6. The average Bonchev–Trinajstić information content (AvgIpc) is 2.50. The van der Waals surface area contributed by atoms with E-state index in [-0.39, 0.29) is 16.3 Å². The number of carbonyl (C=O) groups excluding carboxylic acids is 1. The quantitative estimate of drug-likeness (QED) is 0.810. The molecule has 0 aliphatic carbocycles. The number of rotatable bonds is 4. The molecule has 2 aromatic rings. The molecule has 4 nitrogen and oxygen atoms in total. The van der Waals surface area contributed by atoms with Gasteiger partial charge in [-0.2, -0.15) is 0 Å². The zero-order valence-electron chi connectivity index (χ0n) is 11.8. The van der Waals surface area contributed by atoms with Crippen LogP contribution in [0.3, 0.4) is 0 Å². The maximum Gasteiger partial charge on any atom is 0.251 e. The first-order valence-electron chi connectivity index (χ1n) is 6.58. The van der Waals surface area contributed by atoms with Crippen LogP contribution >= 0.6 is 11.6 Å². The van der Waals surface area contributed by atoms with E-state index in [9.17, 15) is 19.4 Å². The molecule has 0 aromatic heterocycles. The molecule has 1 atom stereocenters. The van der Waals surface area contributed by atoms with Gasteiger partial charge in [0.05, 0.1) is 17.7 Å². The first-order chi connectivity index (χ1) is 10.4. The van der Waals surface area contributed by atoms with Crippen LogP contribution in [0.25, 0.3) is 0 Å². The molecular formula is C16H15ClFNO3. The van der Waals surface area contributed by atoms with Gasteiger partial charge in [0, 0.05) is 5.56 Å². The van der Waals surface area contributed by atoms with Gasteiger partial charge >= 0.3 is 0 Å². The first-order valence-corrected chi connectivity index (χ1v) is 6.96.